The first-order valence-electron chi connectivity index (χ1n) is 13.0. The Morgan fingerprint density at radius 3 is 2.32 bits per heavy atom. The SMILES string of the molecule is CC(C)C[C@H](NC(=O)OCC1c2ccccc2-c2ccccc21)C(=O)N[C@H](C#N)C[C@@H]1CCCNC1=O. The van der Waals surface area contributed by atoms with E-state index in [1.165, 1.54) is 0 Å². The maximum absolute atomic E-state index is 13.1. The molecule has 3 amide bonds. The van der Waals surface area contributed by atoms with Gasteiger partial charge in [0.1, 0.15) is 18.7 Å². The monoisotopic (exact) mass is 502 g/mol. The summed E-state index contributed by atoms with van der Waals surface area (Å²) < 4.78 is 5.62. The number of hydrogen-bond acceptors (Lipinski definition) is 5. The molecule has 0 saturated carbocycles. The van der Waals surface area contributed by atoms with Crippen molar-refractivity contribution in [3.05, 3.63) is 59.7 Å². The molecule has 0 radical (unpaired) electrons. The number of nitriles is 1. The van der Waals surface area contributed by atoms with E-state index in [9.17, 15) is 19.6 Å². The van der Waals surface area contributed by atoms with Crippen LogP contribution in [0.4, 0.5) is 4.79 Å². The fourth-order valence-corrected chi connectivity index (χ4v) is 5.25. The average Bonchev–Trinajstić information content (AvgIpc) is 3.21. The number of rotatable bonds is 9. The number of benzene rings is 2. The summed E-state index contributed by atoms with van der Waals surface area (Å²) in [5, 5.41) is 17.8. The van der Waals surface area contributed by atoms with Crippen molar-refractivity contribution in [2.24, 2.45) is 11.8 Å². The molecule has 2 aliphatic rings. The molecule has 2 aromatic rings. The van der Waals surface area contributed by atoms with Crippen LogP contribution >= 0.6 is 0 Å². The number of carbonyl (C=O) groups excluding carboxylic acids is 3. The highest BCUT2D eigenvalue weighted by Gasteiger charge is 2.31. The summed E-state index contributed by atoms with van der Waals surface area (Å²) >= 11 is 0. The highest BCUT2D eigenvalue weighted by atomic mass is 16.5. The van der Waals surface area contributed by atoms with E-state index in [0.29, 0.717) is 19.4 Å². The minimum atomic E-state index is -0.855. The minimum Gasteiger partial charge on any atom is -0.449 e. The quantitative estimate of drug-likeness (QED) is 0.481. The summed E-state index contributed by atoms with van der Waals surface area (Å²) in [7, 11) is 0. The Labute approximate surface area is 217 Å². The van der Waals surface area contributed by atoms with Crippen LogP contribution in [-0.2, 0) is 14.3 Å². The number of amides is 3. The van der Waals surface area contributed by atoms with Crippen molar-refractivity contribution in [1.82, 2.24) is 16.0 Å². The third-order valence-corrected chi connectivity index (χ3v) is 7.05. The summed E-state index contributed by atoms with van der Waals surface area (Å²) in [5.74, 6) is -0.812. The second kappa shape index (κ2) is 11.9. The van der Waals surface area contributed by atoms with E-state index in [0.717, 1.165) is 28.7 Å². The molecule has 0 aromatic heterocycles. The van der Waals surface area contributed by atoms with Gasteiger partial charge in [-0.05, 0) is 53.9 Å². The summed E-state index contributed by atoms with van der Waals surface area (Å²) in [6, 6.07) is 16.6. The van der Waals surface area contributed by atoms with E-state index in [4.69, 9.17) is 4.74 Å². The van der Waals surface area contributed by atoms with Crippen LogP contribution in [0.15, 0.2) is 48.5 Å². The maximum atomic E-state index is 13.1. The normalized spacial score (nSPS) is 18.1. The average molecular weight is 503 g/mol. The Hall–Kier alpha value is -3.86. The van der Waals surface area contributed by atoms with Crippen molar-refractivity contribution in [1.29, 1.82) is 5.26 Å². The van der Waals surface area contributed by atoms with Crippen molar-refractivity contribution in [3.63, 3.8) is 0 Å². The zero-order valence-electron chi connectivity index (χ0n) is 21.3. The van der Waals surface area contributed by atoms with Gasteiger partial charge in [-0.2, -0.15) is 5.26 Å². The number of fused-ring (bicyclic) bond motifs is 3. The number of ether oxygens (including phenoxy) is 1. The van der Waals surface area contributed by atoms with E-state index in [-0.39, 0.29) is 36.7 Å². The van der Waals surface area contributed by atoms with E-state index in [1.807, 2.05) is 50.2 Å². The van der Waals surface area contributed by atoms with E-state index >= 15 is 0 Å². The molecule has 0 spiro atoms. The first kappa shape index (κ1) is 26.2. The molecule has 194 valence electrons. The van der Waals surface area contributed by atoms with Gasteiger partial charge >= 0.3 is 6.09 Å². The number of alkyl carbamates (subject to hydrolysis) is 1. The zero-order valence-corrected chi connectivity index (χ0v) is 21.3. The Kier molecular flexibility index (Phi) is 8.44. The van der Waals surface area contributed by atoms with E-state index in [1.54, 1.807) is 0 Å². The lowest BCUT2D eigenvalue weighted by atomic mass is 9.91. The summed E-state index contributed by atoms with van der Waals surface area (Å²) in [5.41, 5.74) is 4.49. The van der Waals surface area contributed by atoms with Crippen molar-refractivity contribution in [3.8, 4) is 17.2 Å². The van der Waals surface area contributed by atoms with Crippen molar-refractivity contribution in [2.75, 3.05) is 13.2 Å². The summed E-state index contributed by atoms with van der Waals surface area (Å²) in [4.78, 5) is 37.9. The van der Waals surface area contributed by atoms with Gasteiger partial charge in [0.05, 0.1) is 6.07 Å². The second-order valence-electron chi connectivity index (χ2n) is 10.2. The molecule has 1 aliphatic heterocycles. The fraction of sp³-hybridized carbons (Fsp3) is 0.448. The Bertz CT molecular complexity index is 1140. The molecule has 2 aromatic carbocycles. The van der Waals surface area contributed by atoms with Crippen LogP contribution in [-0.4, -0.2) is 43.1 Å². The van der Waals surface area contributed by atoms with Crippen LogP contribution in [0.25, 0.3) is 11.1 Å². The number of carbonyl (C=O) groups is 3. The van der Waals surface area contributed by atoms with Gasteiger partial charge in [-0.25, -0.2) is 4.79 Å². The van der Waals surface area contributed by atoms with Gasteiger partial charge in [0, 0.05) is 18.4 Å². The van der Waals surface area contributed by atoms with Crippen molar-refractivity contribution >= 4 is 17.9 Å². The summed E-state index contributed by atoms with van der Waals surface area (Å²) in [6.07, 6.45) is 1.49. The molecular weight excluding hydrogens is 468 g/mol. The van der Waals surface area contributed by atoms with Gasteiger partial charge in [0.2, 0.25) is 11.8 Å². The predicted molar refractivity (Wildman–Crippen MR) is 139 cm³/mol. The molecule has 1 heterocycles. The number of nitrogens with zero attached hydrogens (tertiary/aromatic N) is 1. The van der Waals surface area contributed by atoms with Crippen LogP contribution in [0.3, 0.4) is 0 Å². The lowest BCUT2D eigenvalue weighted by Crippen LogP contribution is -2.51. The molecule has 1 aliphatic carbocycles. The molecule has 3 atom stereocenters. The van der Waals surface area contributed by atoms with Crippen LogP contribution in [0, 0.1) is 23.2 Å². The smallest absolute Gasteiger partial charge is 0.407 e. The van der Waals surface area contributed by atoms with E-state index in [2.05, 4.69) is 34.2 Å². The molecule has 1 saturated heterocycles. The van der Waals surface area contributed by atoms with Crippen LogP contribution in [0.5, 0.6) is 0 Å². The van der Waals surface area contributed by atoms with Gasteiger partial charge in [-0.3, -0.25) is 9.59 Å². The highest BCUT2D eigenvalue weighted by Crippen LogP contribution is 2.44. The molecule has 0 unspecified atom stereocenters. The third kappa shape index (κ3) is 6.29. The Morgan fingerprint density at radius 1 is 1.08 bits per heavy atom. The molecule has 37 heavy (non-hydrogen) atoms. The molecular formula is C29H34N4O4. The number of nitrogens with one attached hydrogen (secondary N) is 3. The Morgan fingerprint density at radius 2 is 1.73 bits per heavy atom. The zero-order chi connectivity index (χ0) is 26.4. The molecule has 0 bridgehead atoms. The highest BCUT2D eigenvalue weighted by molar-refractivity contribution is 5.86. The van der Waals surface area contributed by atoms with Gasteiger partial charge in [0.25, 0.3) is 0 Å². The largest absolute Gasteiger partial charge is 0.449 e. The molecule has 1 fully saturated rings. The van der Waals surface area contributed by atoms with Crippen LogP contribution in [0.1, 0.15) is 56.6 Å². The fourth-order valence-electron chi connectivity index (χ4n) is 5.25. The van der Waals surface area contributed by atoms with Crippen LogP contribution in [0.2, 0.25) is 0 Å². The number of hydrogen-bond donors (Lipinski definition) is 3. The summed E-state index contributed by atoms with van der Waals surface area (Å²) in [6.45, 7) is 4.69. The second-order valence-corrected chi connectivity index (χ2v) is 10.2. The number of piperidine rings is 1. The molecule has 3 N–H and O–H groups in total. The third-order valence-electron chi connectivity index (χ3n) is 7.05. The topological polar surface area (TPSA) is 120 Å². The predicted octanol–water partition coefficient (Wildman–Crippen LogP) is 3.86. The van der Waals surface area contributed by atoms with Crippen molar-refractivity contribution in [2.45, 2.75) is 57.5 Å². The van der Waals surface area contributed by atoms with Crippen LogP contribution < -0.4 is 16.0 Å². The molecule has 4 rings (SSSR count). The molecule has 8 heteroatoms. The minimum absolute atomic E-state index is 0.0832. The Balaban J connectivity index is 1.37. The maximum Gasteiger partial charge on any atom is 0.407 e. The van der Waals surface area contributed by atoms with Gasteiger partial charge in [-0.1, -0.05) is 62.4 Å². The van der Waals surface area contributed by atoms with E-state index < -0.39 is 24.1 Å². The first-order chi connectivity index (χ1) is 17.9. The first-order valence-corrected chi connectivity index (χ1v) is 13.0. The van der Waals surface area contributed by atoms with Crippen molar-refractivity contribution < 1.29 is 19.1 Å². The van der Waals surface area contributed by atoms with Gasteiger partial charge in [-0.15, -0.1) is 0 Å². The lowest BCUT2D eigenvalue weighted by Gasteiger charge is -2.25. The lowest BCUT2D eigenvalue weighted by molar-refractivity contribution is -0.128. The van der Waals surface area contributed by atoms with Gasteiger partial charge in [0.15, 0.2) is 0 Å². The van der Waals surface area contributed by atoms with Gasteiger partial charge < -0.3 is 20.7 Å². The molecule has 8 nitrogen and oxygen atoms in total. The standard InChI is InChI=1S/C29H34N4O4/c1-18(2)14-26(28(35)32-20(16-30)15-19-8-7-13-31-27(19)34)33-29(36)37-17-25-23-11-5-3-9-21(23)22-10-4-6-12-24(22)25/h3-6,9-12,18-20,25-26H,7-8,13-15,17H2,1-2H3,(H,31,34)(H,32,35)(H,33,36)/t19-,20-,26-/m0/s1.